The summed E-state index contributed by atoms with van der Waals surface area (Å²) in [4.78, 5) is 71.2. The standard InChI is InChI=1S/C12H21N9O6/c13-16-7(22)1-4-19-10(25)20(5-2-8(23)17-14)12(27)21(11(19)26)6-3-9(24)18-15/h1-6,13-15H2,(H,16,22)(H,17,23)(H,18,24). The molecule has 15 nitrogen and oxygen atoms in total. The number of hydrogen-bond acceptors (Lipinski definition) is 9. The minimum atomic E-state index is -1.01. The predicted molar refractivity (Wildman–Crippen MR) is 90.1 cm³/mol. The van der Waals surface area contributed by atoms with Crippen LogP contribution in [0.5, 0.6) is 0 Å². The molecule has 0 unspecified atom stereocenters. The monoisotopic (exact) mass is 387 g/mol. The van der Waals surface area contributed by atoms with Gasteiger partial charge in [0.25, 0.3) is 0 Å². The largest absolute Gasteiger partial charge is 0.336 e. The average Bonchev–Trinajstić information content (AvgIpc) is 2.66. The summed E-state index contributed by atoms with van der Waals surface area (Å²) in [6, 6.07) is 0. The van der Waals surface area contributed by atoms with Crippen molar-refractivity contribution in [1.82, 2.24) is 30.0 Å². The van der Waals surface area contributed by atoms with Gasteiger partial charge in [-0.25, -0.2) is 45.6 Å². The van der Waals surface area contributed by atoms with Gasteiger partial charge in [0.15, 0.2) is 0 Å². The molecule has 3 amide bonds. The Kier molecular flexibility index (Phi) is 8.05. The maximum absolute atomic E-state index is 12.4. The SMILES string of the molecule is NNC(=O)CCn1c(=O)n(CCC(=O)NN)c(=O)n(CCC(=O)NN)c1=O. The Labute approximate surface area is 151 Å². The number of nitrogens with one attached hydrogen (secondary N) is 3. The summed E-state index contributed by atoms with van der Waals surface area (Å²) in [7, 11) is 0. The van der Waals surface area contributed by atoms with Crippen LogP contribution in [0.2, 0.25) is 0 Å². The molecule has 0 bridgehead atoms. The van der Waals surface area contributed by atoms with Crippen LogP contribution in [0.4, 0.5) is 0 Å². The second-order valence-electron chi connectivity index (χ2n) is 5.26. The van der Waals surface area contributed by atoms with E-state index in [0.29, 0.717) is 13.7 Å². The van der Waals surface area contributed by atoms with E-state index < -0.39 is 34.8 Å². The minimum Gasteiger partial charge on any atom is -0.294 e. The Morgan fingerprint density at radius 3 is 1.00 bits per heavy atom. The maximum Gasteiger partial charge on any atom is 0.336 e. The number of carbonyl (C=O) groups is 3. The van der Waals surface area contributed by atoms with Crippen LogP contribution < -0.4 is 50.9 Å². The van der Waals surface area contributed by atoms with E-state index in [1.165, 1.54) is 0 Å². The van der Waals surface area contributed by atoms with Crippen LogP contribution in [0.15, 0.2) is 14.4 Å². The van der Waals surface area contributed by atoms with Gasteiger partial charge in [-0.2, -0.15) is 0 Å². The summed E-state index contributed by atoms with van der Waals surface area (Å²) >= 11 is 0. The highest BCUT2D eigenvalue weighted by molar-refractivity contribution is 5.75. The minimum absolute atomic E-state index is 0.309. The van der Waals surface area contributed by atoms with E-state index in [2.05, 4.69) is 0 Å². The third-order valence-corrected chi connectivity index (χ3v) is 3.56. The zero-order valence-corrected chi connectivity index (χ0v) is 14.3. The first-order chi connectivity index (χ1) is 12.8. The quantitative estimate of drug-likeness (QED) is 0.134. The first kappa shape index (κ1) is 21.7. The van der Waals surface area contributed by atoms with Crippen molar-refractivity contribution in [2.24, 2.45) is 17.5 Å². The lowest BCUT2D eigenvalue weighted by atomic mass is 10.4. The lowest BCUT2D eigenvalue weighted by Gasteiger charge is -2.13. The van der Waals surface area contributed by atoms with E-state index in [-0.39, 0.29) is 38.9 Å². The van der Waals surface area contributed by atoms with Gasteiger partial charge in [-0.1, -0.05) is 0 Å². The molecule has 0 saturated heterocycles. The Balaban J connectivity index is 3.38. The van der Waals surface area contributed by atoms with Gasteiger partial charge in [-0.3, -0.25) is 30.7 Å². The molecule has 0 aliphatic carbocycles. The lowest BCUT2D eigenvalue weighted by molar-refractivity contribution is -0.122. The fourth-order valence-electron chi connectivity index (χ4n) is 2.11. The van der Waals surface area contributed by atoms with Crippen LogP contribution >= 0.6 is 0 Å². The molecule has 0 aromatic carbocycles. The Morgan fingerprint density at radius 2 is 0.815 bits per heavy atom. The van der Waals surface area contributed by atoms with Gasteiger partial charge >= 0.3 is 17.1 Å². The highest BCUT2D eigenvalue weighted by Gasteiger charge is 2.17. The van der Waals surface area contributed by atoms with E-state index in [0.717, 1.165) is 0 Å². The van der Waals surface area contributed by atoms with Crippen molar-refractivity contribution < 1.29 is 14.4 Å². The number of amides is 3. The smallest absolute Gasteiger partial charge is 0.294 e. The van der Waals surface area contributed by atoms with Gasteiger partial charge in [0, 0.05) is 38.9 Å². The van der Waals surface area contributed by atoms with Gasteiger partial charge in [0.1, 0.15) is 0 Å². The molecule has 9 N–H and O–H groups in total. The third kappa shape index (κ3) is 5.59. The van der Waals surface area contributed by atoms with Crippen molar-refractivity contribution in [3.8, 4) is 0 Å². The van der Waals surface area contributed by atoms with Gasteiger partial charge in [-0.15, -0.1) is 0 Å². The summed E-state index contributed by atoms with van der Waals surface area (Å²) < 4.78 is 1.91. The Morgan fingerprint density at radius 1 is 0.593 bits per heavy atom. The van der Waals surface area contributed by atoms with Crippen molar-refractivity contribution in [3.63, 3.8) is 0 Å². The molecule has 1 heterocycles. The van der Waals surface area contributed by atoms with E-state index >= 15 is 0 Å². The van der Waals surface area contributed by atoms with Crippen molar-refractivity contribution >= 4 is 17.7 Å². The number of rotatable bonds is 9. The van der Waals surface area contributed by atoms with Crippen molar-refractivity contribution in [3.05, 3.63) is 31.5 Å². The van der Waals surface area contributed by atoms with Crippen LogP contribution in [0.1, 0.15) is 19.3 Å². The molecule has 0 atom stereocenters. The molecule has 0 aliphatic heterocycles. The summed E-state index contributed by atoms with van der Waals surface area (Å²) in [5, 5.41) is 0. The second-order valence-corrected chi connectivity index (χ2v) is 5.26. The molecule has 1 rings (SSSR count). The molecule has 0 spiro atoms. The Hall–Kier alpha value is -3.30. The van der Waals surface area contributed by atoms with Crippen molar-refractivity contribution in [2.45, 2.75) is 38.9 Å². The van der Waals surface area contributed by atoms with E-state index in [9.17, 15) is 28.8 Å². The van der Waals surface area contributed by atoms with E-state index in [1.807, 2.05) is 16.3 Å². The summed E-state index contributed by atoms with van der Waals surface area (Å²) in [5.74, 6) is 12.9. The molecule has 15 heteroatoms. The van der Waals surface area contributed by atoms with Crippen LogP contribution in [0.25, 0.3) is 0 Å². The predicted octanol–water partition coefficient (Wildman–Crippen LogP) is -5.69. The van der Waals surface area contributed by atoms with Crippen molar-refractivity contribution in [2.75, 3.05) is 0 Å². The second kappa shape index (κ2) is 10.00. The van der Waals surface area contributed by atoms with E-state index in [1.54, 1.807) is 0 Å². The number of aromatic nitrogens is 3. The molecule has 27 heavy (non-hydrogen) atoms. The summed E-state index contributed by atoms with van der Waals surface area (Å²) in [6.45, 7) is -1.10. The molecule has 150 valence electrons. The van der Waals surface area contributed by atoms with Gasteiger partial charge in [0.2, 0.25) is 17.7 Å². The van der Waals surface area contributed by atoms with Crippen LogP contribution in [0, 0.1) is 0 Å². The van der Waals surface area contributed by atoms with Gasteiger partial charge < -0.3 is 0 Å². The topological polar surface area (TPSA) is 231 Å². The number of nitrogens with two attached hydrogens (primary N) is 3. The fourth-order valence-corrected chi connectivity index (χ4v) is 2.11. The van der Waals surface area contributed by atoms with Crippen molar-refractivity contribution in [1.29, 1.82) is 0 Å². The zero-order chi connectivity index (χ0) is 20.6. The number of carbonyl (C=O) groups excluding carboxylic acids is 3. The normalized spacial score (nSPS) is 10.3. The third-order valence-electron chi connectivity index (χ3n) is 3.56. The fraction of sp³-hybridized carbons (Fsp3) is 0.500. The number of hydrazine groups is 3. The van der Waals surface area contributed by atoms with E-state index in [4.69, 9.17) is 17.5 Å². The lowest BCUT2D eigenvalue weighted by Crippen LogP contribution is -2.55. The Bertz CT molecular complexity index is 738. The molecule has 1 aromatic rings. The molecular formula is C12H21N9O6. The van der Waals surface area contributed by atoms with Crippen LogP contribution in [-0.4, -0.2) is 31.4 Å². The molecule has 0 aliphatic rings. The summed E-state index contributed by atoms with van der Waals surface area (Å²) in [5.41, 5.74) is 2.49. The first-order valence-electron chi connectivity index (χ1n) is 7.69. The average molecular weight is 387 g/mol. The zero-order valence-electron chi connectivity index (χ0n) is 14.3. The molecule has 0 saturated carbocycles. The highest BCUT2D eigenvalue weighted by Crippen LogP contribution is 1.88. The molecule has 1 aromatic heterocycles. The summed E-state index contributed by atoms with van der Waals surface area (Å²) in [6.07, 6.45) is -0.927. The number of nitrogens with zero attached hydrogens (tertiary/aromatic N) is 3. The van der Waals surface area contributed by atoms with Crippen LogP contribution in [0.3, 0.4) is 0 Å². The number of hydrogen-bond donors (Lipinski definition) is 6. The first-order valence-corrected chi connectivity index (χ1v) is 7.69. The molecule has 0 fully saturated rings. The maximum atomic E-state index is 12.4. The molecule has 0 radical (unpaired) electrons. The van der Waals surface area contributed by atoms with Crippen LogP contribution in [-0.2, 0) is 34.0 Å². The van der Waals surface area contributed by atoms with Gasteiger partial charge in [0.05, 0.1) is 0 Å². The van der Waals surface area contributed by atoms with Gasteiger partial charge in [-0.05, 0) is 0 Å². The molecular weight excluding hydrogens is 366 g/mol. The highest BCUT2D eigenvalue weighted by atomic mass is 16.2.